The van der Waals surface area contributed by atoms with E-state index in [1.54, 1.807) is 0 Å². The van der Waals surface area contributed by atoms with Crippen LogP contribution in [0.4, 0.5) is 0 Å². The first-order valence-electron chi connectivity index (χ1n) is 4.16. The minimum absolute atomic E-state index is 0.404. The lowest BCUT2D eigenvalue weighted by atomic mass is 10.1. The molecule has 0 saturated carbocycles. The van der Waals surface area contributed by atoms with Crippen LogP contribution in [0.3, 0.4) is 0 Å². The summed E-state index contributed by atoms with van der Waals surface area (Å²) in [6.45, 7) is 2.10. The Bertz CT molecular complexity index is 87.3. The van der Waals surface area contributed by atoms with E-state index in [0.29, 0.717) is 6.04 Å². The van der Waals surface area contributed by atoms with Gasteiger partial charge in [0, 0.05) is 11.3 Å². The van der Waals surface area contributed by atoms with Crippen molar-refractivity contribution >= 4 is 11.8 Å². The Labute approximate surface area is 67.8 Å². The van der Waals surface area contributed by atoms with Gasteiger partial charge < -0.3 is 5.73 Å². The first-order valence-corrected chi connectivity index (χ1v) is 5.21. The summed E-state index contributed by atoms with van der Waals surface area (Å²) in [5, 5.41) is 0.936. The molecule has 1 rings (SSSR count). The molecular weight excluding hydrogens is 142 g/mol. The van der Waals surface area contributed by atoms with Gasteiger partial charge in [0.2, 0.25) is 0 Å². The van der Waals surface area contributed by atoms with Crippen molar-refractivity contribution in [2.75, 3.05) is 5.75 Å². The molecular formula is C8H17NS. The second-order valence-electron chi connectivity index (χ2n) is 3.19. The van der Waals surface area contributed by atoms with Crippen LogP contribution in [0.5, 0.6) is 0 Å². The maximum absolute atomic E-state index is 5.66. The second-order valence-corrected chi connectivity index (χ2v) is 4.60. The van der Waals surface area contributed by atoms with E-state index in [2.05, 4.69) is 18.7 Å². The van der Waals surface area contributed by atoms with Gasteiger partial charge in [-0.2, -0.15) is 11.8 Å². The van der Waals surface area contributed by atoms with Crippen molar-refractivity contribution in [3.63, 3.8) is 0 Å². The van der Waals surface area contributed by atoms with E-state index < -0.39 is 0 Å². The lowest BCUT2D eigenvalue weighted by Gasteiger charge is -2.09. The van der Waals surface area contributed by atoms with Crippen molar-refractivity contribution in [2.24, 2.45) is 5.73 Å². The third-order valence-corrected chi connectivity index (χ3v) is 3.44. The fraction of sp³-hybridized carbons (Fsp3) is 1.00. The summed E-state index contributed by atoms with van der Waals surface area (Å²) in [6.07, 6.45) is 5.39. The van der Waals surface area contributed by atoms with Crippen LogP contribution in [-0.2, 0) is 0 Å². The van der Waals surface area contributed by atoms with Crippen LogP contribution in [0.15, 0.2) is 0 Å². The Kier molecular flexibility index (Phi) is 3.57. The molecule has 1 aliphatic heterocycles. The van der Waals surface area contributed by atoms with Crippen molar-refractivity contribution in [3.8, 4) is 0 Å². The fourth-order valence-corrected chi connectivity index (χ4v) is 2.62. The SMILES string of the molecule is C[C@H](N)CCC1CCCS1. The van der Waals surface area contributed by atoms with Crippen LogP contribution < -0.4 is 5.73 Å². The minimum Gasteiger partial charge on any atom is -0.328 e. The molecule has 0 aromatic rings. The highest BCUT2D eigenvalue weighted by Crippen LogP contribution is 2.29. The Balaban J connectivity index is 2.01. The molecule has 0 amide bonds. The van der Waals surface area contributed by atoms with E-state index in [0.717, 1.165) is 5.25 Å². The predicted octanol–water partition coefficient (Wildman–Crippen LogP) is 2.01. The molecule has 1 aliphatic rings. The molecule has 1 fully saturated rings. The number of thioether (sulfide) groups is 1. The molecule has 1 saturated heterocycles. The molecule has 1 heterocycles. The summed E-state index contributed by atoms with van der Waals surface area (Å²) in [5.41, 5.74) is 5.66. The Morgan fingerprint density at radius 2 is 2.50 bits per heavy atom. The standard InChI is InChI=1S/C8H17NS/c1-7(9)4-5-8-3-2-6-10-8/h7-8H,2-6,9H2,1H3/t7-,8?/m0/s1. The molecule has 10 heavy (non-hydrogen) atoms. The Morgan fingerprint density at radius 1 is 1.70 bits per heavy atom. The van der Waals surface area contributed by atoms with Crippen LogP contribution in [0.2, 0.25) is 0 Å². The highest BCUT2D eigenvalue weighted by molar-refractivity contribution is 8.00. The monoisotopic (exact) mass is 159 g/mol. The average Bonchev–Trinajstić information content (AvgIpc) is 2.34. The molecule has 0 aromatic heterocycles. The number of hydrogen-bond donors (Lipinski definition) is 1. The van der Waals surface area contributed by atoms with E-state index in [1.807, 2.05) is 0 Å². The minimum atomic E-state index is 0.404. The molecule has 0 aliphatic carbocycles. The number of rotatable bonds is 3. The molecule has 2 atom stereocenters. The number of nitrogens with two attached hydrogens (primary N) is 1. The fourth-order valence-electron chi connectivity index (χ4n) is 1.32. The summed E-state index contributed by atoms with van der Waals surface area (Å²) in [7, 11) is 0. The maximum Gasteiger partial charge on any atom is 0.00479 e. The quantitative estimate of drug-likeness (QED) is 0.681. The summed E-state index contributed by atoms with van der Waals surface area (Å²) in [5.74, 6) is 1.38. The van der Waals surface area contributed by atoms with Gasteiger partial charge in [0.15, 0.2) is 0 Å². The largest absolute Gasteiger partial charge is 0.328 e. The van der Waals surface area contributed by atoms with Gasteiger partial charge in [-0.3, -0.25) is 0 Å². The van der Waals surface area contributed by atoms with Crippen LogP contribution in [0, 0.1) is 0 Å². The zero-order valence-corrected chi connectivity index (χ0v) is 7.49. The predicted molar refractivity (Wildman–Crippen MR) is 48.4 cm³/mol. The molecule has 2 heteroatoms. The van der Waals surface area contributed by atoms with Crippen molar-refractivity contribution < 1.29 is 0 Å². The third kappa shape index (κ3) is 2.93. The van der Waals surface area contributed by atoms with Gasteiger partial charge in [-0.1, -0.05) is 0 Å². The van der Waals surface area contributed by atoms with Crippen LogP contribution in [-0.4, -0.2) is 17.0 Å². The smallest absolute Gasteiger partial charge is 0.00479 e. The molecule has 0 aromatic carbocycles. The van der Waals surface area contributed by atoms with Crippen molar-refractivity contribution in [2.45, 2.75) is 43.9 Å². The van der Waals surface area contributed by atoms with Crippen LogP contribution in [0.1, 0.15) is 32.6 Å². The topological polar surface area (TPSA) is 26.0 Å². The van der Waals surface area contributed by atoms with Crippen molar-refractivity contribution in [1.82, 2.24) is 0 Å². The van der Waals surface area contributed by atoms with Gasteiger partial charge >= 0.3 is 0 Å². The molecule has 1 nitrogen and oxygen atoms in total. The van der Waals surface area contributed by atoms with Gasteiger partial charge in [-0.25, -0.2) is 0 Å². The van der Waals surface area contributed by atoms with Gasteiger partial charge in [0.1, 0.15) is 0 Å². The van der Waals surface area contributed by atoms with E-state index >= 15 is 0 Å². The lowest BCUT2D eigenvalue weighted by Crippen LogP contribution is -2.16. The average molecular weight is 159 g/mol. The zero-order chi connectivity index (χ0) is 7.40. The van der Waals surface area contributed by atoms with Gasteiger partial charge in [0.05, 0.1) is 0 Å². The first kappa shape index (κ1) is 8.41. The Morgan fingerprint density at radius 3 is 3.00 bits per heavy atom. The Hall–Kier alpha value is 0.310. The molecule has 1 unspecified atom stereocenters. The highest BCUT2D eigenvalue weighted by atomic mass is 32.2. The lowest BCUT2D eigenvalue weighted by molar-refractivity contribution is 0.597. The van der Waals surface area contributed by atoms with E-state index in [-0.39, 0.29) is 0 Å². The highest BCUT2D eigenvalue weighted by Gasteiger charge is 2.14. The van der Waals surface area contributed by atoms with Gasteiger partial charge in [-0.05, 0) is 38.4 Å². The van der Waals surface area contributed by atoms with Crippen molar-refractivity contribution in [3.05, 3.63) is 0 Å². The molecule has 0 bridgehead atoms. The van der Waals surface area contributed by atoms with E-state index in [9.17, 15) is 0 Å². The normalized spacial score (nSPS) is 28.8. The van der Waals surface area contributed by atoms with Crippen molar-refractivity contribution in [1.29, 1.82) is 0 Å². The zero-order valence-electron chi connectivity index (χ0n) is 6.68. The molecule has 2 N–H and O–H groups in total. The van der Waals surface area contributed by atoms with Crippen LogP contribution >= 0.6 is 11.8 Å². The molecule has 0 radical (unpaired) electrons. The van der Waals surface area contributed by atoms with Gasteiger partial charge in [0.25, 0.3) is 0 Å². The molecule has 0 spiro atoms. The summed E-state index contributed by atoms with van der Waals surface area (Å²) in [6, 6.07) is 0.404. The maximum atomic E-state index is 5.66. The first-order chi connectivity index (χ1) is 4.79. The van der Waals surface area contributed by atoms with E-state index in [1.165, 1.54) is 31.4 Å². The third-order valence-electron chi connectivity index (χ3n) is 1.97. The molecule has 60 valence electrons. The van der Waals surface area contributed by atoms with E-state index in [4.69, 9.17) is 5.73 Å². The summed E-state index contributed by atoms with van der Waals surface area (Å²) < 4.78 is 0. The summed E-state index contributed by atoms with van der Waals surface area (Å²) in [4.78, 5) is 0. The summed E-state index contributed by atoms with van der Waals surface area (Å²) >= 11 is 2.13. The second kappa shape index (κ2) is 4.24. The van der Waals surface area contributed by atoms with Gasteiger partial charge in [-0.15, -0.1) is 0 Å². The van der Waals surface area contributed by atoms with Crippen LogP contribution in [0.25, 0.3) is 0 Å². The number of hydrogen-bond acceptors (Lipinski definition) is 2.